The van der Waals surface area contributed by atoms with Crippen LogP contribution < -0.4 is 9.47 Å². The summed E-state index contributed by atoms with van der Waals surface area (Å²) in [6.45, 7) is 4.44. The maximum atomic E-state index is 14.3. The van der Waals surface area contributed by atoms with E-state index in [0.29, 0.717) is 24.0 Å². The Balaban J connectivity index is 1.66. The molecule has 2 N–H and O–H groups in total. The lowest BCUT2D eigenvalue weighted by Crippen LogP contribution is -2.63. The quantitative estimate of drug-likeness (QED) is 0.0660. The van der Waals surface area contributed by atoms with Gasteiger partial charge in [-0.05, 0) is 57.8 Å². The predicted molar refractivity (Wildman–Crippen MR) is 207 cm³/mol. The molecule has 2 unspecified atom stereocenters. The summed E-state index contributed by atoms with van der Waals surface area (Å²) < 4.78 is 17.0. The molecular weight excluding hydrogens is 640 g/mol. The number of hydrogen-bond donors (Lipinski definition) is 2. The number of ketones is 2. The molecule has 2 atom stereocenters. The average Bonchev–Trinajstić information content (AvgIpc) is 3.40. The maximum absolute atomic E-state index is 14.3. The lowest BCUT2D eigenvalue weighted by Gasteiger charge is -2.41. The molecule has 0 fully saturated rings. The normalized spacial score (nSPS) is 19.8. The summed E-state index contributed by atoms with van der Waals surface area (Å²) in [7, 11) is 2.83. The van der Waals surface area contributed by atoms with Gasteiger partial charge in [-0.25, -0.2) is 0 Å². The van der Waals surface area contributed by atoms with Crippen molar-refractivity contribution in [2.45, 2.75) is 179 Å². The van der Waals surface area contributed by atoms with E-state index in [1.165, 1.54) is 90.9 Å². The highest BCUT2D eigenvalue weighted by atomic mass is 16.6. The minimum Gasteiger partial charge on any atom is -0.504 e. The summed E-state index contributed by atoms with van der Waals surface area (Å²) in [6.07, 6.45) is 35.3. The van der Waals surface area contributed by atoms with Crippen molar-refractivity contribution >= 4 is 11.6 Å². The van der Waals surface area contributed by atoms with Crippen molar-refractivity contribution in [3.63, 3.8) is 0 Å². The second-order valence-electron chi connectivity index (χ2n) is 14.6. The molecule has 1 aliphatic heterocycles. The summed E-state index contributed by atoms with van der Waals surface area (Å²) in [4.78, 5) is 27.9. The Labute approximate surface area is 308 Å². The highest BCUT2D eigenvalue weighted by Crippen LogP contribution is 2.59. The van der Waals surface area contributed by atoms with Crippen LogP contribution in [0.3, 0.4) is 0 Å². The van der Waals surface area contributed by atoms with Crippen LogP contribution in [0.4, 0.5) is 0 Å². The molecule has 7 nitrogen and oxygen atoms in total. The molecule has 0 bridgehead atoms. The summed E-state index contributed by atoms with van der Waals surface area (Å²) in [6, 6.07) is 1.50. The van der Waals surface area contributed by atoms with Crippen molar-refractivity contribution in [2.75, 3.05) is 14.2 Å². The number of aromatic hydroxyl groups is 1. The second kappa shape index (κ2) is 22.8. The topological polar surface area (TPSA) is 102 Å². The van der Waals surface area contributed by atoms with Crippen LogP contribution in [0.2, 0.25) is 0 Å². The number of phenols is 1. The number of aliphatic hydroxyl groups is 1. The number of carbonyl (C=O) groups is 2. The van der Waals surface area contributed by atoms with E-state index in [1.54, 1.807) is 0 Å². The molecule has 3 rings (SSSR count). The van der Waals surface area contributed by atoms with Gasteiger partial charge in [0.05, 0.1) is 14.2 Å². The lowest BCUT2D eigenvalue weighted by molar-refractivity contribution is -0.190. The van der Waals surface area contributed by atoms with Crippen LogP contribution in [-0.4, -0.2) is 41.8 Å². The third-order valence-electron chi connectivity index (χ3n) is 10.7. The molecular formula is C44H68O7. The van der Waals surface area contributed by atoms with Crippen molar-refractivity contribution < 1.29 is 34.0 Å². The van der Waals surface area contributed by atoms with Crippen LogP contribution in [0.25, 0.3) is 0 Å². The standard InChI is InChI=1S/C44H68O7/c1-5-7-9-11-13-15-17-19-21-23-25-27-29-31-35-40-36(33-37(49-3)41(35)46)51-44(48)39(45)34-38(50-4)42(47)43(40,44)32-30-28-26-24-22-20-18-16-14-12-10-8-6-2/h11-14,33-34,46,48H,5-10,15-32H2,1-4H3. The molecule has 286 valence electrons. The maximum Gasteiger partial charge on any atom is 0.289 e. The molecule has 2 aliphatic rings. The van der Waals surface area contributed by atoms with Crippen molar-refractivity contribution in [3.05, 3.63) is 53.3 Å². The number of carbonyl (C=O) groups excluding carboxylic acids is 2. The van der Waals surface area contributed by atoms with Crippen LogP contribution in [0, 0.1) is 0 Å². The van der Waals surface area contributed by atoms with Gasteiger partial charge in [-0.3, -0.25) is 9.59 Å². The first kappa shape index (κ1) is 42.4. The van der Waals surface area contributed by atoms with E-state index in [4.69, 9.17) is 14.2 Å². The zero-order valence-electron chi connectivity index (χ0n) is 32.4. The number of fused-ring (bicyclic) bond motifs is 3. The van der Waals surface area contributed by atoms with Gasteiger partial charge in [0.15, 0.2) is 17.3 Å². The highest BCUT2D eigenvalue weighted by Gasteiger charge is 2.71. The Morgan fingerprint density at radius 1 is 0.686 bits per heavy atom. The van der Waals surface area contributed by atoms with E-state index in [9.17, 15) is 19.8 Å². The third-order valence-corrected chi connectivity index (χ3v) is 10.7. The number of Topliss-reactive ketones (excluding diaryl/α,β-unsaturated/α-hetero) is 1. The number of phenolic OH excluding ortho intramolecular Hbond substituents is 1. The first-order chi connectivity index (χ1) is 24.8. The van der Waals surface area contributed by atoms with Crippen LogP contribution in [0.5, 0.6) is 17.2 Å². The second-order valence-corrected chi connectivity index (χ2v) is 14.6. The Hall–Kier alpha value is -3.06. The van der Waals surface area contributed by atoms with Crippen molar-refractivity contribution in [1.29, 1.82) is 0 Å². The number of ether oxygens (including phenoxy) is 3. The number of unbranched alkanes of at least 4 members (excludes halogenated alkanes) is 18. The molecule has 0 amide bonds. The first-order valence-corrected chi connectivity index (χ1v) is 20.3. The van der Waals surface area contributed by atoms with Crippen molar-refractivity contribution in [2.24, 2.45) is 0 Å². The Kier molecular flexibility index (Phi) is 18.9. The molecule has 7 heteroatoms. The van der Waals surface area contributed by atoms with Gasteiger partial charge in [-0.15, -0.1) is 0 Å². The van der Waals surface area contributed by atoms with Crippen LogP contribution >= 0.6 is 0 Å². The summed E-state index contributed by atoms with van der Waals surface area (Å²) >= 11 is 0. The Morgan fingerprint density at radius 2 is 1.18 bits per heavy atom. The van der Waals surface area contributed by atoms with E-state index in [1.807, 2.05) is 0 Å². The monoisotopic (exact) mass is 708 g/mol. The summed E-state index contributed by atoms with van der Waals surface area (Å²) in [5.41, 5.74) is -0.797. The summed E-state index contributed by atoms with van der Waals surface area (Å²) in [5.74, 6) is -3.38. The molecule has 0 radical (unpaired) electrons. The van der Waals surface area contributed by atoms with Gasteiger partial charge < -0.3 is 24.4 Å². The molecule has 0 saturated heterocycles. The van der Waals surface area contributed by atoms with Crippen LogP contribution in [0.1, 0.15) is 173 Å². The van der Waals surface area contributed by atoms with Gasteiger partial charge in [0.1, 0.15) is 11.2 Å². The van der Waals surface area contributed by atoms with Gasteiger partial charge >= 0.3 is 0 Å². The number of allylic oxidation sites excluding steroid dienone is 5. The minimum atomic E-state index is -2.42. The minimum absolute atomic E-state index is 0.0653. The fourth-order valence-electron chi connectivity index (χ4n) is 7.72. The highest BCUT2D eigenvalue weighted by molar-refractivity contribution is 6.18. The van der Waals surface area contributed by atoms with E-state index >= 15 is 0 Å². The molecule has 0 aromatic heterocycles. The smallest absolute Gasteiger partial charge is 0.289 e. The predicted octanol–water partition coefficient (Wildman–Crippen LogP) is 11.1. The molecule has 1 heterocycles. The summed E-state index contributed by atoms with van der Waals surface area (Å²) in [5, 5.41) is 23.5. The van der Waals surface area contributed by atoms with Gasteiger partial charge in [0.2, 0.25) is 11.6 Å². The molecule has 51 heavy (non-hydrogen) atoms. The van der Waals surface area contributed by atoms with Crippen molar-refractivity contribution in [3.8, 4) is 17.2 Å². The SMILES string of the molecule is CCCCC=CCCCCCCCCCc1c(O)c(OC)cc2c1C1(CCCCCCCCCC=CCCCC)C(=O)C(OC)=CC(=O)C1(O)O2. The van der Waals surface area contributed by atoms with Crippen molar-refractivity contribution in [1.82, 2.24) is 0 Å². The van der Waals surface area contributed by atoms with Gasteiger partial charge in [-0.2, -0.15) is 0 Å². The number of benzene rings is 1. The molecule has 0 saturated carbocycles. The Morgan fingerprint density at radius 3 is 1.69 bits per heavy atom. The zero-order chi connectivity index (χ0) is 37.0. The van der Waals surface area contributed by atoms with E-state index in [2.05, 4.69) is 38.2 Å². The fraction of sp³-hybridized carbons (Fsp3) is 0.682. The third kappa shape index (κ3) is 11.2. The van der Waals surface area contributed by atoms with Gasteiger partial charge in [0.25, 0.3) is 5.79 Å². The lowest BCUT2D eigenvalue weighted by atomic mass is 9.62. The fourth-order valence-corrected chi connectivity index (χ4v) is 7.72. The zero-order valence-corrected chi connectivity index (χ0v) is 32.4. The molecule has 1 aromatic rings. The van der Waals surface area contributed by atoms with E-state index in [-0.39, 0.29) is 29.4 Å². The van der Waals surface area contributed by atoms with Crippen LogP contribution in [-0.2, 0) is 26.2 Å². The number of rotatable bonds is 28. The average molecular weight is 709 g/mol. The number of methoxy groups -OCH3 is 2. The van der Waals surface area contributed by atoms with Crippen LogP contribution in [0.15, 0.2) is 42.2 Å². The molecule has 1 aliphatic carbocycles. The largest absolute Gasteiger partial charge is 0.504 e. The van der Waals surface area contributed by atoms with E-state index < -0.39 is 22.8 Å². The number of hydrogen-bond acceptors (Lipinski definition) is 7. The van der Waals surface area contributed by atoms with Gasteiger partial charge in [0, 0.05) is 23.3 Å². The first-order valence-electron chi connectivity index (χ1n) is 20.3. The Bertz CT molecular complexity index is 1310. The molecule has 0 spiro atoms. The van der Waals surface area contributed by atoms with E-state index in [0.717, 1.165) is 70.3 Å². The molecule has 1 aromatic carbocycles. The van der Waals surface area contributed by atoms with Gasteiger partial charge in [-0.1, -0.05) is 134 Å².